The van der Waals surface area contributed by atoms with Crippen molar-refractivity contribution in [3.8, 4) is 0 Å². The first-order valence-electron chi connectivity index (χ1n) is 9.97. The molecule has 0 radical (unpaired) electrons. The molecule has 2 N–H and O–H groups in total. The Morgan fingerprint density at radius 2 is 1.96 bits per heavy atom. The second kappa shape index (κ2) is 9.05. The maximum absolute atomic E-state index is 12.1. The zero-order valence-corrected chi connectivity index (χ0v) is 17.1. The fourth-order valence-corrected chi connectivity index (χ4v) is 4.78. The fourth-order valence-electron chi connectivity index (χ4n) is 3.77. The third-order valence-electron chi connectivity index (χ3n) is 5.68. The number of hydrogen-bond donors (Lipinski definition) is 2. The van der Waals surface area contributed by atoms with E-state index < -0.39 is 10.0 Å². The van der Waals surface area contributed by atoms with Crippen molar-refractivity contribution in [2.24, 2.45) is 5.92 Å². The Morgan fingerprint density at radius 3 is 2.64 bits per heavy atom. The van der Waals surface area contributed by atoms with Crippen LogP contribution < -0.4 is 14.9 Å². The molecule has 0 saturated heterocycles. The van der Waals surface area contributed by atoms with Gasteiger partial charge in [-0.15, -0.1) is 0 Å². The minimum Gasteiger partial charge on any atom is -0.355 e. The highest BCUT2D eigenvalue weighted by Crippen LogP contribution is 2.38. The quantitative estimate of drug-likeness (QED) is 0.652. The van der Waals surface area contributed by atoms with Gasteiger partial charge < -0.3 is 10.2 Å². The van der Waals surface area contributed by atoms with Crippen LogP contribution in [0, 0.1) is 5.92 Å². The van der Waals surface area contributed by atoms with Crippen LogP contribution in [-0.2, 0) is 19.6 Å². The van der Waals surface area contributed by atoms with E-state index in [1.54, 1.807) is 11.8 Å². The van der Waals surface area contributed by atoms with Crippen molar-refractivity contribution >= 4 is 27.5 Å². The summed E-state index contributed by atoms with van der Waals surface area (Å²) in [5.74, 6) is 0.328. The van der Waals surface area contributed by atoms with Crippen molar-refractivity contribution in [3.05, 3.63) is 29.8 Å². The number of para-hydroxylation sites is 1. The highest BCUT2D eigenvalue weighted by molar-refractivity contribution is 7.89. The molecule has 28 heavy (non-hydrogen) atoms. The molecule has 154 valence electrons. The van der Waals surface area contributed by atoms with Gasteiger partial charge in [-0.2, -0.15) is 0 Å². The summed E-state index contributed by atoms with van der Waals surface area (Å²) in [5.41, 5.74) is 2.01. The van der Waals surface area contributed by atoms with Crippen LogP contribution in [0.4, 0.5) is 5.69 Å². The molecule has 1 aliphatic heterocycles. The monoisotopic (exact) mass is 407 g/mol. The van der Waals surface area contributed by atoms with E-state index in [1.807, 2.05) is 24.3 Å². The lowest BCUT2D eigenvalue weighted by atomic mass is 9.86. The minimum absolute atomic E-state index is 0.000918. The van der Waals surface area contributed by atoms with Gasteiger partial charge in [-0.1, -0.05) is 24.6 Å². The number of anilines is 1. The Morgan fingerprint density at radius 1 is 1.21 bits per heavy atom. The Balaban J connectivity index is 1.40. The van der Waals surface area contributed by atoms with Crippen LogP contribution in [0.15, 0.2) is 24.3 Å². The van der Waals surface area contributed by atoms with Gasteiger partial charge in [-0.25, -0.2) is 13.1 Å². The molecular weight excluding hydrogens is 378 g/mol. The van der Waals surface area contributed by atoms with Gasteiger partial charge in [0.15, 0.2) is 0 Å². The van der Waals surface area contributed by atoms with Crippen molar-refractivity contribution < 1.29 is 18.0 Å². The van der Waals surface area contributed by atoms with E-state index in [0.29, 0.717) is 31.8 Å². The van der Waals surface area contributed by atoms with Gasteiger partial charge in [0.2, 0.25) is 21.8 Å². The molecule has 2 aliphatic rings. The minimum atomic E-state index is -3.34. The topological polar surface area (TPSA) is 95.6 Å². The Bertz CT molecular complexity index is 820. The molecule has 8 heteroatoms. The molecule has 1 fully saturated rings. The average Bonchev–Trinajstić information content (AvgIpc) is 2.97. The van der Waals surface area contributed by atoms with Gasteiger partial charge in [-0.05, 0) is 36.8 Å². The van der Waals surface area contributed by atoms with E-state index in [0.717, 1.165) is 24.1 Å². The zero-order chi connectivity index (χ0) is 20.1. The van der Waals surface area contributed by atoms with Gasteiger partial charge in [0.1, 0.15) is 0 Å². The number of amides is 2. The van der Waals surface area contributed by atoms with Crippen LogP contribution >= 0.6 is 0 Å². The summed E-state index contributed by atoms with van der Waals surface area (Å²) in [6.45, 7) is 2.75. The highest BCUT2D eigenvalue weighted by Gasteiger charge is 2.30. The molecular formula is C20H29N3O4S. The molecule has 0 unspecified atom stereocenters. The fraction of sp³-hybridized carbons (Fsp3) is 0.600. The first-order chi connectivity index (χ1) is 13.4. The predicted molar refractivity (Wildman–Crippen MR) is 109 cm³/mol. The highest BCUT2D eigenvalue weighted by atomic mass is 32.2. The van der Waals surface area contributed by atoms with Crippen molar-refractivity contribution in [1.82, 2.24) is 10.0 Å². The standard InChI is InChI=1S/C20H29N3O4S/c1-15(24)23-14-17(18-7-2-3-8-19(18)23)9-10-20(25)21-11-12-28(26,27)22-13-16-5-4-6-16/h2-3,7-8,16-17,22H,4-6,9-14H2,1H3,(H,21,25)/t17-/m0/s1. The zero-order valence-electron chi connectivity index (χ0n) is 16.3. The lowest BCUT2D eigenvalue weighted by Crippen LogP contribution is -2.37. The molecule has 1 aliphatic carbocycles. The first-order valence-corrected chi connectivity index (χ1v) is 11.6. The van der Waals surface area contributed by atoms with Crippen LogP contribution in [-0.4, -0.2) is 45.6 Å². The van der Waals surface area contributed by atoms with E-state index in [2.05, 4.69) is 10.0 Å². The van der Waals surface area contributed by atoms with E-state index in [1.165, 1.54) is 6.42 Å². The SMILES string of the molecule is CC(=O)N1C[C@H](CCC(=O)NCCS(=O)(=O)NCC2CCC2)c2ccccc21. The molecule has 1 aromatic carbocycles. The Labute approximate surface area is 166 Å². The van der Waals surface area contributed by atoms with Crippen molar-refractivity contribution in [3.63, 3.8) is 0 Å². The number of hydrogen-bond acceptors (Lipinski definition) is 4. The number of sulfonamides is 1. The third-order valence-corrected chi connectivity index (χ3v) is 7.03. The van der Waals surface area contributed by atoms with Crippen LogP contribution in [0.2, 0.25) is 0 Å². The lowest BCUT2D eigenvalue weighted by molar-refractivity contribution is -0.121. The maximum atomic E-state index is 12.1. The molecule has 1 atom stereocenters. The Hall–Kier alpha value is -1.93. The molecule has 1 saturated carbocycles. The number of nitrogens with one attached hydrogen (secondary N) is 2. The van der Waals surface area contributed by atoms with Crippen molar-refractivity contribution in [2.75, 3.05) is 30.3 Å². The third kappa shape index (κ3) is 5.32. The second-order valence-electron chi connectivity index (χ2n) is 7.74. The number of rotatable bonds is 9. The first kappa shape index (κ1) is 20.8. The largest absolute Gasteiger partial charge is 0.355 e. The number of carbonyl (C=O) groups excluding carboxylic acids is 2. The van der Waals surface area contributed by atoms with E-state index in [4.69, 9.17) is 0 Å². The molecule has 1 heterocycles. The molecule has 0 aromatic heterocycles. The maximum Gasteiger partial charge on any atom is 0.223 e. The van der Waals surface area contributed by atoms with E-state index >= 15 is 0 Å². The number of fused-ring (bicyclic) bond motifs is 1. The summed E-state index contributed by atoms with van der Waals surface area (Å²) in [7, 11) is -3.34. The number of benzene rings is 1. The molecule has 0 bridgehead atoms. The lowest BCUT2D eigenvalue weighted by Gasteiger charge is -2.25. The summed E-state index contributed by atoms with van der Waals surface area (Å²) in [6.07, 6.45) is 4.28. The van der Waals surface area contributed by atoms with Gasteiger partial charge in [-0.3, -0.25) is 9.59 Å². The van der Waals surface area contributed by atoms with Gasteiger partial charge in [0.05, 0.1) is 5.75 Å². The summed E-state index contributed by atoms with van der Waals surface area (Å²) >= 11 is 0. The summed E-state index contributed by atoms with van der Waals surface area (Å²) in [6, 6.07) is 7.78. The van der Waals surface area contributed by atoms with Gasteiger partial charge in [0.25, 0.3) is 0 Å². The van der Waals surface area contributed by atoms with E-state index in [9.17, 15) is 18.0 Å². The van der Waals surface area contributed by atoms with Crippen LogP contribution in [0.1, 0.15) is 50.5 Å². The smallest absolute Gasteiger partial charge is 0.223 e. The van der Waals surface area contributed by atoms with E-state index in [-0.39, 0.29) is 30.0 Å². The van der Waals surface area contributed by atoms with Crippen molar-refractivity contribution in [2.45, 2.75) is 44.9 Å². The number of carbonyl (C=O) groups is 2. The summed E-state index contributed by atoms with van der Waals surface area (Å²) < 4.78 is 26.5. The van der Waals surface area contributed by atoms with Crippen LogP contribution in [0.3, 0.4) is 0 Å². The Kier molecular flexibility index (Phi) is 6.72. The summed E-state index contributed by atoms with van der Waals surface area (Å²) in [5, 5.41) is 2.70. The molecule has 3 rings (SSSR count). The number of nitrogens with zero attached hydrogens (tertiary/aromatic N) is 1. The normalized spacial score (nSPS) is 19.2. The molecule has 1 aromatic rings. The second-order valence-corrected chi connectivity index (χ2v) is 9.66. The van der Waals surface area contributed by atoms with Gasteiger partial charge >= 0.3 is 0 Å². The molecule has 0 spiro atoms. The molecule has 2 amide bonds. The average molecular weight is 408 g/mol. The van der Waals surface area contributed by atoms with Crippen molar-refractivity contribution in [1.29, 1.82) is 0 Å². The predicted octanol–water partition coefficient (Wildman–Crippen LogP) is 1.75. The summed E-state index contributed by atoms with van der Waals surface area (Å²) in [4.78, 5) is 25.7. The van der Waals surface area contributed by atoms with Crippen LogP contribution in [0.25, 0.3) is 0 Å². The van der Waals surface area contributed by atoms with Crippen LogP contribution in [0.5, 0.6) is 0 Å². The van der Waals surface area contributed by atoms with Gasteiger partial charge in [0, 0.05) is 44.6 Å². The molecule has 7 nitrogen and oxygen atoms in total.